The van der Waals surface area contributed by atoms with Crippen molar-refractivity contribution in [1.82, 2.24) is 10.3 Å². The van der Waals surface area contributed by atoms with Crippen LogP contribution in [-0.4, -0.2) is 15.2 Å². The molecule has 7 heteroatoms. The summed E-state index contributed by atoms with van der Waals surface area (Å²) >= 11 is 0. The molecule has 0 bridgehead atoms. The molecule has 1 N–H and O–H groups in total. The largest absolute Gasteiger partial charge is 0.348 e. The number of aromatic nitrogens is 2. The van der Waals surface area contributed by atoms with Crippen LogP contribution in [0.15, 0.2) is 41.0 Å². The van der Waals surface area contributed by atoms with Crippen molar-refractivity contribution in [3.63, 3.8) is 0 Å². The lowest BCUT2D eigenvalue weighted by molar-refractivity contribution is -0.383. The Morgan fingerprint density at radius 1 is 1.15 bits per heavy atom. The van der Waals surface area contributed by atoms with Crippen LogP contribution in [0.1, 0.15) is 5.56 Å². The van der Waals surface area contributed by atoms with E-state index in [-0.39, 0.29) is 11.4 Å². The van der Waals surface area contributed by atoms with E-state index in [4.69, 9.17) is 0 Å². The quantitative estimate of drug-likeness (QED) is 0.580. The second-order valence-electron chi connectivity index (χ2n) is 4.34. The van der Waals surface area contributed by atoms with Crippen LogP contribution in [0.4, 0.5) is 17.1 Å². The van der Waals surface area contributed by atoms with Crippen LogP contribution in [0.5, 0.6) is 0 Å². The molecule has 0 fully saturated rings. The van der Waals surface area contributed by atoms with Gasteiger partial charge in [-0.15, -0.1) is 0 Å². The Labute approximate surface area is 113 Å². The van der Waals surface area contributed by atoms with Crippen molar-refractivity contribution in [1.29, 1.82) is 0 Å². The normalized spacial score (nSPS) is 10.7. The fraction of sp³-hybridized carbons (Fsp3) is 0.0769. The third-order valence-electron chi connectivity index (χ3n) is 2.92. The zero-order chi connectivity index (χ0) is 14.1. The summed E-state index contributed by atoms with van der Waals surface area (Å²) in [6, 6.07) is 10.4. The van der Waals surface area contributed by atoms with Gasteiger partial charge in [0.25, 0.3) is 5.69 Å². The van der Waals surface area contributed by atoms with Crippen LogP contribution in [0, 0.1) is 17.0 Å². The number of benzene rings is 2. The Bertz CT molecular complexity index is 780. The van der Waals surface area contributed by atoms with Crippen molar-refractivity contribution >= 4 is 28.1 Å². The summed E-state index contributed by atoms with van der Waals surface area (Å²) in [5.41, 5.74) is 2.83. The van der Waals surface area contributed by atoms with E-state index in [9.17, 15) is 10.1 Å². The molecule has 1 aromatic heterocycles. The van der Waals surface area contributed by atoms with E-state index in [2.05, 4.69) is 20.3 Å². The first-order valence-corrected chi connectivity index (χ1v) is 5.88. The maximum Gasteiger partial charge on any atom is 0.295 e. The van der Waals surface area contributed by atoms with Crippen molar-refractivity contribution in [3.05, 3.63) is 52.1 Å². The van der Waals surface area contributed by atoms with Gasteiger partial charge < -0.3 is 5.32 Å². The van der Waals surface area contributed by atoms with Crippen molar-refractivity contribution in [2.24, 2.45) is 0 Å². The molecular weight excluding hydrogens is 260 g/mol. The number of nitrogens with one attached hydrogen (secondary N) is 1. The summed E-state index contributed by atoms with van der Waals surface area (Å²) in [6.45, 7) is 1.97. The molecule has 0 saturated carbocycles. The molecule has 1 heterocycles. The van der Waals surface area contributed by atoms with Crippen molar-refractivity contribution < 1.29 is 9.55 Å². The molecule has 3 rings (SSSR count). The lowest BCUT2D eigenvalue weighted by atomic mass is 10.2. The van der Waals surface area contributed by atoms with Gasteiger partial charge in [-0.3, -0.25) is 10.1 Å². The van der Waals surface area contributed by atoms with Crippen LogP contribution < -0.4 is 5.32 Å². The average molecular weight is 270 g/mol. The highest BCUT2D eigenvalue weighted by Crippen LogP contribution is 2.33. The molecule has 2 aromatic carbocycles. The van der Waals surface area contributed by atoms with E-state index in [0.717, 1.165) is 11.3 Å². The maximum atomic E-state index is 11.1. The average Bonchev–Trinajstić information content (AvgIpc) is 2.90. The van der Waals surface area contributed by atoms with Gasteiger partial charge in [-0.2, -0.15) is 0 Å². The van der Waals surface area contributed by atoms with E-state index in [1.165, 1.54) is 12.1 Å². The molecule has 0 amide bonds. The Morgan fingerprint density at radius 2 is 1.90 bits per heavy atom. The first kappa shape index (κ1) is 12.1. The van der Waals surface area contributed by atoms with E-state index in [0.29, 0.717) is 11.0 Å². The lowest BCUT2D eigenvalue weighted by Gasteiger charge is -2.07. The molecule has 0 aliphatic carbocycles. The van der Waals surface area contributed by atoms with E-state index >= 15 is 0 Å². The summed E-state index contributed by atoms with van der Waals surface area (Å²) < 4.78 is 4.63. The van der Waals surface area contributed by atoms with Gasteiger partial charge in [0.1, 0.15) is 11.2 Å². The molecule has 3 aromatic rings. The monoisotopic (exact) mass is 270 g/mol. The Balaban J connectivity index is 2.12. The number of aryl methyl sites for hydroxylation is 1. The maximum absolute atomic E-state index is 11.1. The molecule has 7 nitrogen and oxygen atoms in total. The number of anilines is 2. The van der Waals surface area contributed by atoms with Gasteiger partial charge in [-0.1, -0.05) is 17.7 Å². The predicted molar refractivity (Wildman–Crippen MR) is 72.9 cm³/mol. The zero-order valence-electron chi connectivity index (χ0n) is 10.5. The molecule has 20 heavy (non-hydrogen) atoms. The first-order valence-electron chi connectivity index (χ1n) is 5.88. The second-order valence-corrected chi connectivity index (χ2v) is 4.34. The minimum absolute atomic E-state index is 0.0752. The van der Waals surface area contributed by atoms with Crippen molar-refractivity contribution in [2.75, 3.05) is 5.32 Å². The number of rotatable bonds is 3. The van der Waals surface area contributed by atoms with Gasteiger partial charge in [-0.05, 0) is 35.4 Å². The Morgan fingerprint density at radius 3 is 2.60 bits per heavy atom. The molecule has 0 atom stereocenters. The molecule has 0 unspecified atom stereocenters. The summed E-state index contributed by atoms with van der Waals surface area (Å²) in [7, 11) is 0. The summed E-state index contributed by atoms with van der Waals surface area (Å²) in [4.78, 5) is 10.7. The molecule has 0 aliphatic heterocycles. The molecule has 0 aliphatic rings. The van der Waals surface area contributed by atoms with Crippen LogP contribution >= 0.6 is 0 Å². The van der Waals surface area contributed by atoms with Crippen LogP contribution in [0.2, 0.25) is 0 Å². The number of nitrogens with zero attached hydrogens (tertiary/aromatic N) is 3. The third kappa shape index (κ3) is 2.05. The molecule has 100 valence electrons. The number of fused-ring (bicyclic) bond motifs is 1. The first-order chi connectivity index (χ1) is 9.65. The zero-order valence-corrected chi connectivity index (χ0v) is 10.5. The molecule has 0 spiro atoms. The molecular formula is C13H10N4O3. The number of nitro benzene ring substituents is 1. The number of hydrogen-bond donors (Lipinski definition) is 1. The predicted octanol–water partition coefficient (Wildman–Crippen LogP) is 3.18. The van der Waals surface area contributed by atoms with Crippen LogP contribution in [0.3, 0.4) is 0 Å². The minimum Gasteiger partial charge on any atom is -0.348 e. The highest BCUT2D eigenvalue weighted by molar-refractivity contribution is 5.94. The van der Waals surface area contributed by atoms with Crippen molar-refractivity contribution in [2.45, 2.75) is 6.92 Å². The number of nitro groups is 1. The van der Waals surface area contributed by atoms with Crippen LogP contribution in [-0.2, 0) is 0 Å². The van der Waals surface area contributed by atoms with Crippen LogP contribution in [0.25, 0.3) is 11.0 Å². The smallest absolute Gasteiger partial charge is 0.295 e. The minimum atomic E-state index is -0.468. The third-order valence-corrected chi connectivity index (χ3v) is 2.92. The fourth-order valence-electron chi connectivity index (χ4n) is 1.90. The van der Waals surface area contributed by atoms with E-state index < -0.39 is 4.92 Å². The summed E-state index contributed by atoms with van der Waals surface area (Å²) in [5.74, 6) is 0. The Hall–Kier alpha value is -2.96. The van der Waals surface area contributed by atoms with E-state index in [1.54, 1.807) is 0 Å². The summed E-state index contributed by atoms with van der Waals surface area (Å²) in [5, 5.41) is 21.5. The number of hydrogen-bond acceptors (Lipinski definition) is 6. The van der Waals surface area contributed by atoms with Gasteiger partial charge >= 0.3 is 0 Å². The lowest BCUT2D eigenvalue weighted by Crippen LogP contribution is -1.98. The highest BCUT2D eigenvalue weighted by Gasteiger charge is 2.20. The SMILES string of the molecule is Cc1ccc(Nc2c([N+](=O)[O-])ccc3nonc23)cc1. The second kappa shape index (κ2) is 4.61. The fourth-order valence-corrected chi connectivity index (χ4v) is 1.90. The van der Waals surface area contributed by atoms with E-state index in [1.807, 2.05) is 31.2 Å². The summed E-state index contributed by atoms with van der Waals surface area (Å²) in [6.07, 6.45) is 0. The molecule has 0 saturated heterocycles. The van der Waals surface area contributed by atoms with Gasteiger partial charge in [0, 0.05) is 11.8 Å². The Kier molecular flexibility index (Phi) is 2.79. The van der Waals surface area contributed by atoms with Crippen molar-refractivity contribution in [3.8, 4) is 0 Å². The standard InChI is InChI=1S/C13H10N4O3/c1-8-2-4-9(5-3-8)14-13-11(17(18)19)7-6-10-12(13)16-20-15-10/h2-7,14H,1H3. The van der Waals surface area contributed by atoms with Gasteiger partial charge in [0.05, 0.1) is 4.92 Å². The van der Waals surface area contributed by atoms with Gasteiger partial charge in [0.2, 0.25) is 0 Å². The van der Waals surface area contributed by atoms with Gasteiger partial charge in [0.15, 0.2) is 5.52 Å². The molecule has 0 radical (unpaired) electrons. The topological polar surface area (TPSA) is 94.1 Å². The van der Waals surface area contributed by atoms with Gasteiger partial charge in [-0.25, -0.2) is 4.63 Å². The highest BCUT2D eigenvalue weighted by atomic mass is 16.6.